The van der Waals surface area contributed by atoms with Gasteiger partial charge in [0, 0.05) is 17.3 Å². The van der Waals surface area contributed by atoms with E-state index in [4.69, 9.17) is 19.2 Å². The first-order valence-corrected chi connectivity index (χ1v) is 10.4. The molecule has 0 aliphatic heterocycles. The van der Waals surface area contributed by atoms with E-state index in [1.807, 2.05) is 43.3 Å². The molecule has 7 heteroatoms. The number of methoxy groups -OCH3 is 3. The highest BCUT2D eigenvalue weighted by atomic mass is 32.1. The van der Waals surface area contributed by atoms with Crippen LogP contribution in [0.1, 0.15) is 15.9 Å². The van der Waals surface area contributed by atoms with Gasteiger partial charge >= 0.3 is 0 Å². The van der Waals surface area contributed by atoms with Gasteiger partial charge in [0.1, 0.15) is 22.3 Å². The molecule has 0 aliphatic rings. The molecule has 4 aromatic rings. The summed E-state index contributed by atoms with van der Waals surface area (Å²) in [5.41, 5.74) is 3.83. The normalized spacial score (nSPS) is 10.7. The molecule has 0 radical (unpaired) electrons. The van der Waals surface area contributed by atoms with Gasteiger partial charge in [-0.25, -0.2) is 4.98 Å². The van der Waals surface area contributed by atoms with Crippen molar-refractivity contribution in [2.45, 2.75) is 6.92 Å². The molecular formula is C24H22N2O4S. The number of ether oxygens (including phenoxy) is 3. The van der Waals surface area contributed by atoms with Crippen LogP contribution in [0.5, 0.6) is 17.2 Å². The number of anilines is 1. The zero-order chi connectivity index (χ0) is 22.0. The molecule has 1 N–H and O–H groups in total. The Hall–Kier alpha value is -3.58. The van der Waals surface area contributed by atoms with Crippen molar-refractivity contribution in [3.8, 4) is 27.8 Å². The van der Waals surface area contributed by atoms with Gasteiger partial charge in [-0.15, -0.1) is 11.3 Å². The van der Waals surface area contributed by atoms with Crippen LogP contribution in [0, 0.1) is 6.92 Å². The maximum atomic E-state index is 12.8. The van der Waals surface area contributed by atoms with Crippen LogP contribution in [0.25, 0.3) is 20.8 Å². The first kappa shape index (κ1) is 20.7. The molecule has 0 spiro atoms. The summed E-state index contributed by atoms with van der Waals surface area (Å²) >= 11 is 1.56. The van der Waals surface area contributed by atoms with Crippen LogP contribution in [0.15, 0.2) is 54.6 Å². The molecule has 0 fully saturated rings. The molecule has 3 aromatic carbocycles. The first-order chi connectivity index (χ1) is 15.0. The number of hydrogen-bond acceptors (Lipinski definition) is 6. The second-order valence-corrected chi connectivity index (χ2v) is 7.93. The maximum Gasteiger partial charge on any atom is 0.255 e. The predicted octanol–water partition coefficient (Wildman–Crippen LogP) is 5.55. The highest BCUT2D eigenvalue weighted by Crippen LogP contribution is 2.38. The number of amides is 1. The Morgan fingerprint density at radius 1 is 0.903 bits per heavy atom. The molecule has 0 saturated carbocycles. The Labute approximate surface area is 184 Å². The summed E-state index contributed by atoms with van der Waals surface area (Å²) in [5.74, 6) is 1.95. The number of nitrogens with zero attached hydrogens (tertiary/aromatic N) is 1. The predicted molar refractivity (Wildman–Crippen MR) is 124 cm³/mol. The first-order valence-electron chi connectivity index (χ1n) is 9.61. The van der Waals surface area contributed by atoms with Crippen molar-refractivity contribution in [2.24, 2.45) is 0 Å². The molecule has 0 atom stereocenters. The van der Waals surface area contributed by atoms with Gasteiger partial charge in [0.05, 0.1) is 37.1 Å². The lowest BCUT2D eigenvalue weighted by molar-refractivity contribution is 0.102. The number of fused-ring (bicyclic) bond motifs is 1. The molecule has 0 bridgehead atoms. The molecule has 0 unspecified atom stereocenters. The lowest BCUT2D eigenvalue weighted by atomic mass is 10.1. The Bertz CT molecular complexity index is 1270. The third-order valence-corrected chi connectivity index (χ3v) is 6.02. The Morgan fingerprint density at radius 2 is 1.65 bits per heavy atom. The molecule has 1 amide bonds. The number of carbonyl (C=O) groups is 1. The van der Waals surface area contributed by atoms with Gasteiger partial charge in [-0.2, -0.15) is 0 Å². The number of aromatic nitrogens is 1. The molecule has 4 rings (SSSR count). The zero-order valence-corrected chi connectivity index (χ0v) is 18.5. The lowest BCUT2D eigenvalue weighted by Gasteiger charge is -2.12. The van der Waals surface area contributed by atoms with E-state index >= 15 is 0 Å². The van der Waals surface area contributed by atoms with Crippen LogP contribution in [0.3, 0.4) is 0 Å². The standard InChI is InChI=1S/C24H22N2O4S/c1-14-11-16(28-2)6-9-18(14)23(27)25-15-5-8-19(21(12-15)30-4)24-26-20-10-7-17(29-3)13-22(20)31-24/h5-13H,1-4H3,(H,25,27). The summed E-state index contributed by atoms with van der Waals surface area (Å²) in [4.78, 5) is 17.5. The topological polar surface area (TPSA) is 69.7 Å². The van der Waals surface area contributed by atoms with Crippen LogP contribution in [-0.2, 0) is 0 Å². The van der Waals surface area contributed by atoms with Crippen molar-refractivity contribution in [3.05, 3.63) is 65.7 Å². The van der Waals surface area contributed by atoms with Gasteiger partial charge in [-0.1, -0.05) is 0 Å². The quantitative estimate of drug-likeness (QED) is 0.431. The number of thiazole rings is 1. The number of hydrogen-bond donors (Lipinski definition) is 1. The number of carbonyl (C=O) groups excluding carboxylic acids is 1. The van der Waals surface area contributed by atoms with E-state index < -0.39 is 0 Å². The number of nitrogens with one attached hydrogen (secondary N) is 1. The van der Waals surface area contributed by atoms with E-state index in [1.165, 1.54) is 0 Å². The average molecular weight is 435 g/mol. The average Bonchev–Trinajstić information content (AvgIpc) is 3.21. The van der Waals surface area contributed by atoms with Gasteiger partial charge in [0.25, 0.3) is 5.91 Å². The van der Waals surface area contributed by atoms with Gasteiger partial charge in [0.2, 0.25) is 0 Å². The molecule has 0 aliphatic carbocycles. The smallest absolute Gasteiger partial charge is 0.255 e. The van der Waals surface area contributed by atoms with E-state index in [1.54, 1.807) is 50.9 Å². The van der Waals surface area contributed by atoms with E-state index in [0.717, 1.165) is 32.1 Å². The molecule has 1 aromatic heterocycles. The van der Waals surface area contributed by atoms with Crippen molar-refractivity contribution >= 4 is 33.1 Å². The summed E-state index contributed by atoms with van der Waals surface area (Å²) in [5, 5.41) is 3.78. The fourth-order valence-corrected chi connectivity index (χ4v) is 4.33. The summed E-state index contributed by atoms with van der Waals surface area (Å²) in [6.45, 7) is 1.88. The number of benzene rings is 3. The molecule has 0 saturated heterocycles. The van der Waals surface area contributed by atoms with Crippen LogP contribution in [0.4, 0.5) is 5.69 Å². The van der Waals surface area contributed by atoms with Gasteiger partial charge in [0.15, 0.2) is 0 Å². The van der Waals surface area contributed by atoms with E-state index in [-0.39, 0.29) is 5.91 Å². The fourth-order valence-electron chi connectivity index (χ4n) is 3.31. The van der Waals surface area contributed by atoms with Crippen LogP contribution in [-0.4, -0.2) is 32.2 Å². The SMILES string of the molecule is COc1ccc(C(=O)Nc2ccc(-c3nc4ccc(OC)cc4s3)c(OC)c2)c(C)c1. The van der Waals surface area contributed by atoms with Gasteiger partial charge in [-0.3, -0.25) is 4.79 Å². The monoisotopic (exact) mass is 434 g/mol. The molecule has 1 heterocycles. The third kappa shape index (κ3) is 4.18. The highest BCUT2D eigenvalue weighted by Gasteiger charge is 2.15. The lowest BCUT2D eigenvalue weighted by Crippen LogP contribution is -2.13. The minimum absolute atomic E-state index is 0.193. The summed E-state index contributed by atoms with van der Waals surface area (Å²) in [7, 11) is 4.85. The Kier molecular flexibility index (Phi) is 5.77. The molecule has 6 nitrogen and oxygen atoms in total. The van der Waals surface area contributed by atoms with Gasteiger partial charge in [-0.05, 0) is 61.0 Å². The fraction of sp³-hybridized carbons (Fsp3) is 0.167. The van der Waals surface area contributed by atoms with Gasteiger partial charge < -0.3 is 19.5 Å². The summed E-state index contributed by atoms with van der Waals surface area (Å²) in [6, 6.07) is 16.7. The second-order valence-electron chi connectivity index (χ2n) is 6.90. The zero-order valence-electron chi connectivity index (χ0n) is 17.7. The van der Waals surface area contributed by atoms with Crippen molar-refractivity contribution in [1.82, 2.24) is 4.98 Å². The van der Waals surface area contributed by atoms with E-state index in [2.05, 4.69) is 5.32 Å². The van der Waals surface area contributed by atoms with Crippen LogP contribution >= 0.6 is 11.3 Å². The van der Waals surface area contributed by atoms with Crippen LogP contribution < -0.4 is 19.5 Å². The summed E-state index contributed by atoms with van der Waals surface area (Å²) in [6.07, 6.45) is 0. The Balaban J connectivity index is 1.62. The molecular weight excluding hydrogens is 412 g/mol. The van der Waals surface area contributed by atoms with Crippen molar-refractivity contribution in [2.75, 3.05) is 26.6 Å². The third-order valence-electron chi connectivity index (χ3n) is 4.96. The molecule has 158 valence electrons. The van der Waals surface area contributed by atoms with Crippen molar-refractivity contribution in [1.29, 1.82) is 0 Å². The summed E-state index contributed by atoms with van der Waals surface area (Å²) < 4.78 is 17.1. The van der Waals surface area contributed by atoms with Crippen LogP contribution in [0.2, 0.25) is 0 Å². The maximum absolute atomic E-state index is 12.8. The largest absolute Gasteiger partial charge is 0.497 e. The molecule has 31 heavy (non-hydrogen) atoms. The minimum atomic E-state index is -0.193. The van der Waals surface area contributed by atoms with Crippen molar-refractivity contribution in [3.63, 3.8) is 0 Å². The van der Waals surface area contributed by atoms with Crippen molar-refractivity contribution < 1.29 is 19.0 Å². The number of rotatable bonds is 6. The van der Waals surface area contributed by atoms with E-state index in [9.17, 15) is 4.79 Å². The Morgan fingerprint density at radius 3 is 2.35 bits per heavy atom. The minimum Gasteiger partial charge on any atom is -0.497 e. The second kappa shape index (κ2) is 8.65. The number of aryl methyl sites for hydroxylation is 1. The van der Waals surface area contributed by atoms with E-state index in [0.29, 0.717) is 22.7 Å². The highest BCUT2D eigenvalue weighted by molar-refractivity contribution is 7.21.